The van der Waals surface area contributed by atoms with E-state index >= 15 is 0 Å². The molecule has 5 nitrogen and oxygen atoms in total. The van der Waals surface area contributed by atoms with E-state index in [9.17, 15) is 0 Å². The number of piperidine rings is 1. The van der Waals surface area contributed by atoms with Crippen LogP contribution < -0.4 is 0 Å². The molecule has 4 rings (SSSR count). The van der Waals surface area contributed by atoms with Crippen LogP contribution in [0.4, 0.5) is 0 Å². The number of hydrogen-bond donors (Lipinski definition) is 0. The van der Waals surface area contributed by atoms with Gasteiger partial charge in [0.25, 0.3) is 0 Å². The molecule has 0 bridgehead atoms. The molecule has 0 spiro atoms. The highest BCUT2D eigenvalue weighted by molar-refractivity contribution is 5.33. The minimum atomic E-state index is 0.538. The van der Waals surface area contributed by atoms with Gasteiger partial charge in [0.15, 0.2) is 0 Å². The van der Waals surface area contributed by atoms with Gasteiger partial charge in [-0.15, -0.1) is 0 Å². The lowest BCUT2D eigenvalue weighted by Crippen LogP contribution is -2.32. The van der Waals surface area contributed by atoms with Gasteiger partial charge in [-0.05, 0) is 72.8 Å². The smallest absolute Gasteiger partial charge is 0.0991 e. The molecule has 1 aromatic heterocycles. The summed E-state index contributed by atoms with van der Waals surface area (Å²) in [6.45, 7) is 3.69. The average molecular weight is 381 g/mol. The summed E-state index contributed by atoms with van der Waals surface area (Å²) in [6, 6.07) is 20.0. The summed E-state index contributed by atoms with van der Waals surface area (Å²) < 4.78 is 1.96. The fraction of sp³-hybridized carbons (Fsp3) is 0.292. The van der Waals surface area contributed by atoms with Crippen molar-refractivity contribution in [1.82, 2.24) is 14.7 Å². The zero-order valence-corrected chi connectivity index (χ0v) is 16.3. The van der Waals surface area contributed by atoms with E-state index < -0.39 is 0 Å². The lowest BCUT2D eigenvalue weighted by molar-refractivity contribution is 0.204. The molecule has 0 amide bonds. The van der Waals surface area contributed by atoms with Crippen molar-refractivity contribution in [2.45, 2.75) is 31.8 Å². The molecule has 0 unspecified atom stereocenters. The first-order chi connectivity index (χ1) is 14.2. The maximum absolute atomic E-state index is 9.06. The van der Waals surface area contributed by atoms with Crippen molar-refractivity contribution in [3.05, 3.63) is 88.7 Å². The summed E-state index contributed by atoms with van der Waals surface area (Å²) in [5.41, 5.74) is 5.00. The summed E-state index contributed by atoms with van der Waals surface area (Å²) in [5, 5.41) is 22.7. The zero-order valence-electron chi connectivity index (χ0n) is 16.3. The van der Waals surface area contributed by atoms with Crippen molar-refractivity contribution in [2.75, 3.05) is 13.1 Å². The monoisotopic (exact) mass is 381 g/mol. The summed E-state index contributed by atoms with van der Waals surface area (Å²) in [4.78, 5) is 2.46. The van der Waals surface area contributed by atoms with E-state index in [0.29, 0.717) is 18.0 Å². The SMILES string of the molecule is N#Cc1cccc(CN2CCC(c3cnn(Cc4cccc(C#N)c4)c3)CC2)c1. The fourth-order valence-electron chi connectivity index (χ4n) is 4.02. The van der Waals surface area contributed by atoms with Gasteiger partial charge in [-0.25, -0.2) is 0 Å². The Hall–Kier alpha value is -3.41. The van der Waals surface area contributed by atoms with Crippen LogP contribution in [0.3, 0.4) is 0 Å². The molecular weight excluding hydrogens is 358 g/mol. The molecule has 0 atom stereocenters. The number of rotatable bonds is 5. The van der Waals surface area contributed by atoms with Crippen LogP contribution in [0, 0.1) is 22.7 Å². The Morgan fingerprint density at radius 2 is 1.52 bits per heavy atom. The Kier molecular flexibility index (Phi) is 5.70. The predicted molar refractivity (Wildman–Crippen MR) is 111 cm³/mol. The van der Waals surface area contributed by atoms with Crippen LogP contribution in [0.25, 0.3) is 0 Å². The second-order valence-electron chi connectivity index (χ2n) is 7.65. The first-order valence-electron chi connectivity index (χ1n) is 9.96. The van der Waals surface area contributed by atoms with E-state index in [4.69, 9.17) is 10.5 Å². The van der Waals surface area contributed by atoms with Gasteiger partial charge >= 0.3 is 0 Å². The van der Waals surface area contributed by atoms with E-state index in [0.717, 1.165) is 43.6 Å². The minimum Gasteiger partial charge on any atom is -0.299 e. The van der Waals surface area contributed by atoms with Crippen molar-refractivity contribution >= 4 is 0 Å². The Bertz CT molecular complexity index is 1060. The van der Waals surface area contributed by atoms with E-state index in [2.05, 4.69) is 34.4 Å². The maximum Gasteiger partial charge on any atom is 0.0991 e. The molecule has 0 N–H and O–H groups in total. The Balaban J connectivity index is 1.33. The van der Waals surface area contributed by atoms with Gasteiger partial charge in [0.05, 0.1) is 36.0 Å². The number of benzene rings is 2. The van der Waals surface area contributed by atoms with E-state index in [1.165, 1.54) is 11.1 Å². The van der Waals surface area contributed by atoms with Crippen molar-refractivity contribution in [1.29, 1.82) is 10.5 Å². The fourth-order valence-corrected chi connectivity index (χ4v) is 4.02. The average Bonchev–Trinajstić information content (AvgIpc) is 3.23. The minimum absolute atomic E-state index is 0.538. The van der Waals surface area contributed by atoms with Gasteiger partial charge in [-0.1, -0.05) is 24.3 Å². The van der Waals surface area contributed by atoms with Crippen LogP contribution >= 0.6 is 0 Å². The second kappa shape index (κ2) is 8.73. The molecule has 2 aromatic carbocycles. The van der Waals surface area contributed by atoms with Gasteiger partial charge in [0.2, 0.25) is 0 Å². The van der Waals surface area contributed by atoms with Crippen molar-refractivity contribution in [3.63, 3.8) is 0 Å². The van der Waals surface area contributed by atoms with Crippen LogP contribution in [0.15, 0.2) is 60.9 Å². The first-order valence-corrected chi connectivity index (χ1v) is 9.96. The molecule has 0 aliphatic carbocycles. The summed E-state index contributed by atoms with van der Waals surface area (Å²) in [6.07, 6.45) is 6.38. The second-order valence-corrected chi connectivity index (χ2v) is 7.65. The number of nitrogens with zero attached hydrogens (tertiary/aromatic N) is 5. The third-order valence-corrected chi connectivity index (χ3v) is 5.58. The third kappa shape index (κ3) is 4.71. The summed E-state index contributed by atoms with van der Waals surface area (Å²) in [7, 11) is 0. The Morgan fingerprint density at radius 3 is 2.14 bits per heavy atom. The molecule has 5 heteroatoms. The lowest BCUT2D eigenvalue weighted by atomic mass is 9.91. The molecule has 1 aliphatic rings. The first kappa shape index (κ1) is 18.9. The van der Waals surface area contributed by atoms with Crippen LogP contribution in [0.1, 0.15) is 46.6 Å². The summed E-state index contributed by atoms with van der Waals surface area (Å²) >= 11 is 0. The van der Waals surface area contributed by atoms with Gasteiger partial charge in [-0.3, -0.25) is 9.58 Å². The molecule has 1 fully saturated rings. The predicted octanol–water partition coefficient (Wildman–Crippen LogP) is 4.05. The maximum atomic E-state index is 9.06. The Labute approximate surface area is 171 Å². The van der Waals surface area contributed by atoms with E-state index in [1.807, 2.05) is 53.3 Å². The molecule has 1 aliphatic heterocycles. The molecule has 0 radical (unpaired) electrons. The third-order valence-electron chi connectivity index (χ3n) is 5.58. The lowest BCUT2D eigenvalue weighted by Gasteiger charge is -2.31. The van der Waals surface area contributed by atoms with Crippen LogP contribution in [0.2, 0.25) is 0 Å². The van der Waals surface area contributed by atoms with E-state index in [1.54, 1.807) is 0 Å². The van der Waals surface area contributed by atoms with Gasteiger partial charge in [0.1, 0.15) is 0 Å². The molecule has 3 aromatic rings. The number of aromatic nitrogens is 2. The summed E-state index contributed by atoms with van der Waals surface area (Å²) in [5.74, 6) is 0.538. The van der Waals surface area contributed by atoms with Gasteiger partial charge in [0, 0.05) is 12.7 Å². The van der Waals surface area contributed by atoms with Crippen molar-refractivity contribution < 1.29 is 0 Å². The molecule has 29 heavy (non-hydrogen) atoms. The highest BCUT2D eigenvalue weighted by atomic mass is 15.3. The molecule has 1 saturated heterocycles. The van der Waals surface area contributed by atoms with Crippen LogP contribution in [-0.2, 0) is 13.1 Å². The van der Waals surface area contributed by atoms with Gasteiger partial charge in [-0.2, -0.15) is 15.6 Å². The topological polar surface area (TPSA) is 68.6 Å². The molecular formula is C24H23N5. The highest BCUT2D eigenvalue weighted by Crippen LogP contribution is 2.28. The molecule has 144 valence electrons. The van der Waals surface area contributed by atoms with Crippen molar-refractivity contribution in [2.24, 2.45) is 0 Å². The molecule has 2 heterocycles. The number of hydrogen-bond acceptors (Lipinski definition) is 4. The van der Waals surface area contributed by atoms with Crippen LogP contribution in [0.5, 0.6) is 0 Å². The zero-order chi connectivity index (χ0) is 20.1. The van der Waals surface area contributed by atoms with Crippen LogP contribution in [-0.4, -0.2) is 27.8 Å². The normalized spacial score (nSPS) is 15.0. The van der Waals surface area contributed by atoms with Crippen molar-refractivity contribution in [3.8, 4) is 12.1 Å². The highest BCUT2D eigenvalue weighted by Gasteiger charge is 2.22. The number of likely N-dealkylation sites (tertiary alicyclic amines) is 1. The molecule has 0 saturated carbocycles. The van der Waals surface area contributed by atoms with Gasteiger partial charge < -0.3 is 0 Å². The Morgan fingerprint density at radius 1 is 0.897 bits per heavy atom. The number of nitriles is 2. The largest absolute Gasteiger partial charge is 0.299 e. The standard InChI is InChI=1S/C24H23N5/c25-13-19-3-1-5-21(11-19)16-28-9-7-23(8-10-28)24-15-27-29(18-24)17-22-6-2-4-20(12-22)14-26/h1-6,11-12,15,18,23H,7-10,16-17H2. The van der Waals surface area contributed by atoms with E-state index in [-0.39, 0.29) is 0 Å². The quantitative estimate of drug-likeness (QED) is 0.668.